The predicted molar refractivity (Wildman–Crippen MR) is 88.1 cm³/mol. The van der Waals surface area contributed by atoms with Crippen LogP contribution in [0.15, 0.2) is 10.6 Å². The summed E-state index contributed by atoms with van der Waals surface area (Å²) in [7, 11) is -3.11. The van der Waals surface area contributed by atoms with E-state index >= 15 is 0 Å². The third-order valence-corrected chi connectivity index (χ3v) is 5.97. The molecule has 1 aliphatic rings. The Balaban J connectivity index is 2.13. The van der Waals surface area contributed by atoms with Gasteiger partial charge in [-0.3, -0.25) is 9.59 Å². The molecule has 0 spiro atoms. The molecule has 1 aromatic heterocycles. The SMILES string of the molecule is CCN(C(=O)C(C)(C)C(=O)Nc1cc(C)on1)C1CCS(=O)(=O)C1. The second-order valence-electron chi connectivity index (χ2n) is 6.55. The molecule has 1 aromatic rings. The molecule has 134 valence electrons. The summed E-state index contributed by atoms with van der Waals surface area (Å²) in [6.07, 6.45) is 0.405. The minimum Gasteiger partial charge on any atom is -0.360 e. The first-order valence-corrected chi connectivity index (χ1v) is 9.65. The standard InChI is InChI=1S/C15H23N3O5S/c1-5-18(11-6-7-24(21,22)9-11)14(20)15(3,4)13(19)16-12-8-10(2)23-17-12/h8,11H,5-7,9H2,1-4H3,(H,16,17,19). The lowest BCUT2D eigenvalue weighted by molar-refractivity contribution is -0.147. The Morgan fingerprint density at radius 2 is 2.12 bits per heavy atom. The van der Waals surface area contributed by atoms with Gasteiger partial charge in [0, 0.05) is 18.7 Å². The van der Waals surface area contributed by atoms with Crippen LogP contribution in [0.4, 0.5) is 5.82 Å². The van der Waals surface area contributed by atoms with Crippen LogP contribution in [0, 0.1) is 12.3 Å². The number of anilines is 1. The van der Waals surface area contributed by atoms with Crippen molar-refractivity contribution in [1.82, 2.24) is 10.1 Å². The molecule has 0 radical (unpaired) electrons. The molecule has 8 nitrogen and oxygen atoms in total. The van der Waals surface area contributed by atoms with Crippen LogP contribution in [0.5, 0.6) is 0 Å². The molecule has 2 amide bonds. The summed E-state index contributed by atoms with van der Waals surface area (Å²) in [5.74, 6) is -0.102. The molecule has 0 bridgehead atoms. The third-order valence-electron chi connectivity index (χ3n) is 4.22. The number of hydrogen-bond acceptors (Lipinski definition) is 6. The first-order chi connectivity index (χ1) is 11.1. The van der Waals surface area contributed by atoms with E-state index in [1.807, 2.05) is 0 Å². The lowest BCUT2D eigenvalue weighted by Crippen LogP contribution is -2.51. The maximum Gasteiger partial charge on any atom is 0.240 e. The molecule has 1 unspecified atom stereocenters. The van der Waals surface area contributed by atoms with Gasteiger partial charge >= 0.3 is 0 Å². The van der Waals surface area contributed by atoms with E-state index in [2.05, 4.69) is 10.5 Å². The lowest BCUT2D eigenvalue weighted by atomic mass is 9.89. The van der Waals surface area contributed by atoms with Gasteiger partial charge in [-0.2, -0.15) is 0 Å². The zero-order chi connectivity index (χ0) is 18.1. The third kappa shape index (κ3) is 3.77. The van der Waals surface area contributed by atoms with E-state index < -0.39 is 27.1 Å². The van der Waals surface area contributed by atoms with E-state index in [-0.39, 0.29) is 23.4 Å². The largest absolute Gasteiger partial charge is 0.360 e. The van der Waals surface area contributed by atoms with E-state index in [4.69, 9.17) is 4.52 Å². The first-order valence-electron chi connectivity index (χ1n) is 7.83. The van der Waals surface area contributed by atoms with Crippen molar-refractivity contribution in [3.8, 4) is 0 Å². The van der Waals surface area contributed by atoms with Crippen LogP contribution >= 0.6 is 0 Å². The zero-order valence-corrected chi connectivity index (χ0v) is 15.1. The highest BCUT2D eigenvalue weighted by Gasteiger charge is 2.43. The van der Waals surface area contributed by atoms with Gasteiger partial charge in [0.1, 0.15) is 11.2 Å². The first kappa shape index (κ1) is 18.4. The summed E-state index contributed by atoms with van der Waals surface area (Å²) in [6.45, 7) is 6.85. The Hall–Kier alpha value is -1.90. The van der Waals surface area contributed by atoms with Crippen molar-refractivity contribution < 1.29 is 22.5 Å². The highest BCUT2D eigenvalue weighted by atomic mass is 32.2. The topological polar surface area (TPSA) is 110 Å². The van der Waals surface area contributed by atoms with Crippen LogP contribution in [0.2, 0.25) is 0 Å². The number of rotatable bonds is 5. The van der Waals surface area contributed by atoms with Gasteiger partial charge in [-0.15, -0.1) is 0 Å². The molecule has 2 rings (SSSR count). The van der Waals surface area contributed by atoms with Crippen LogP contribution in [0.1, 0.15) is 33.0 Å². The van der Waals surface area contributed by atoms with E-state index in [1.165, 1.54) is 18.7 Å². The number of carbonyl (C=O) groups excluding carboxylic acids is 2. The minimum atomic E-state index is -3.11. The lowest BCUT2D eigenvalue weighted by Gasteiger charge is -2.33. The summed E-state index contributed by atoms with van der Waals surface area (Å²) < 4.78 is 28.2. The molecular weight excluding hydrogens is 334 g/mol. The number of hydrogen-bond donors (Lipinski definition) is 1. The van der Waals surface area contributed by atoms with Crippen molar-refractivity contribution in [1.29, 1.82) is 0 Å². The number of aromatic nitrogens is 1. The van der Waals surface area contributed by atoms with Crippen LogP contribution in [-0.4, -0.2) is 54.4 Å². The predicted octanol–water partition coefficient (Wildman–Crippen LogP) is 0.983. The maximum absolute atomic E-state index is 12.9. The van der Waals surface area contributed by atoms with Crippen LogP contribution in [0.3, 0.4) is 0 Å². The number of sulfone groups is 1. The fourth-order valence-electron chi connectivity index (χ4n) is 2.74. The van der Waals surface area contributed by atoms with Gasteiger partial charge in [-0.05, 0) is 34.1 Å². The Kier molecular flexibility index (Phi) is 5.03. The highest BCUT2D eigenvalue weighted by Crippen LogP contribution is 2.26. The number of nitrogens with zero attached hydrogens (tertiary/aromatic N) is 2. The Morgan fingerprint density at radius 3 is 2.58 bits per heavy atom. The Bertz CT molecular complexity index is 738. The van der Waals surface area contributed by atoms with Crippen molar-refractivity contribution in [2.24, 2.45) is 5.41 Å². The summed E-state index contributed by atoms with van der Waals surface area (Å²) in [6, 6.07) is 1.17. The number of nitrogens with one attached hydrogen (secondary N) is 1. The fraction of sp³-hybridized carbons (Fsp3) is 0.667. The summed E-state index contributed by atoms with van der Waals surface area (Å²) in [5, 5.41) is 6.24. The van der Waals surface area contributed by atoms with Gasteiger partial charge in [0.25, 0.3) is 0 Å². The van der Waals surface area contributed by atoms with E-state index in [9.17, 15) is 18.0 Å². The molecule has 0 aliphatic carbocycles. The van der Waals surface area contributed by atoms with Crippen molar-refractivity contribution in [3.63, 3.8) is 0 Å². The van der Waals surface area contributed by atoms with Gasteiger partial charge in [0.05, 0.1) is 11.5 Å². The van der Waals surface area contributed by atoms with E-state index in [0.29, 0.717) is 18.7 Å². The number of carbonyl (C=O) groups is 2. The number of aryl methyl sites for hydroxylation is 1. The molecule has 1 atom stereocenters. The van der Waals surface area contributed by atoms with Crippen LogP contribution in [0.25, 0.3) is 0 Å². The molecule has 9 heteroatoms. The van der Waals surface area contributed by atoms with Crippen molar-refractivity contribution in [2.75, 3.05) is 23.4 Å². The fourth-order valence-corrected chi connectivity index (χ4v) is 4.47. The van der Waals surface area contributed by atoms with E-state index in [1.54, 1.807) is 19.9 Å². The van der Waals surface area contributed by atoms with Gasteiger partial charge in [-0.25, -0.2) is 8.42 Å². The smallest absolute Gasteiger partial charge is 0.240 e. The minimum absolute atomic E-state index is 0.0488. The Labute approximate surface area is 141 Å². The van der Waals surface area contributed by atoms with Crippen LogP contribution < -0.4 is 5.32 Å². The summed E-state index contributed by atoms with van der Waals surface area (Å²) >= 11 is 0. The summed E-state index contributed by atoms with van der Waals surface area (Å²) in [5.41, 5.74) is -1.35. The van der Waals surface area contributed by atoms with Crippen LogP contribution in [-0.2, 0) is 19.4 Å². The zero-order valence-electron chi connectivity index (χ0n) is 14.3. The monoisotopic (exact) mass is 357 g/mol. The Morgan fingerprint density at radius 1 is 1.46 bits per heavy atom. The second-order valence-corrected chi connectivity index (χ2v) is 8.78. The molecule has 1 saturated heterocycles. The van der Waals surface area contributed by atoms with Gasteiger partial charge in [-0.1, -0.05) is 5.16 Å². The van der Waals surface area contributed by atoms with Crippen molar-refractivity contribution in [2.45, 2.75) is 40.2 Å². The molecule has 1 aliphatic heterocycles. The quantitative estimate of drug-likeness (QED) is 0.787. The molecule has 0 saturated carbocycles. The number of amides is 2. The molecule has 24 heavy (non-hydrogen) atoms. The maximum atomic E-state index is 12.9. The normalized spacial score (nSPS) is 19.9. The molecule has 2 heterocycles. The van der Waals surface area contributed by atoms with Gasteiger partial charge < -0.3 is 14.7 Å². The molecule has 0 aromatic carbocycles. The molecule has 1 fully saturated rings. The average molecular weight is 357 g/mol. The van der Waals surface area contributed by atoms with Crippen molar-refractivity contribution in [3.05, 3.63) is 11.8 Å². The summed E-state index contributed by atoms with van der Waals surface area (Å²) in [4.78, 5) is 26.8. The van der Waals surface area contributed by atoms with Gasteiger partial charge in [0.15, 0.2) is 15.7 Å². The molecular formula is C15H23N3O5S. The van der Waals surface area contributed by atoms with E-state index in [0.717, 1.165) is 0 Å². The second kappa shape index (κ2) is 6.54. The van der Waals surface area contributed by atoms with Gasteiger partial charge in [0.2, 0.25) is 11.8 Å². The molecule has 1 N–H and O–H groups in total. The highest BCUT2D eigenvalue weighted by molar-refractivity contribution is 7.91. The van der Waals surface area contributed by atoms with Crippen molar-refractivity contribution >= 4 is 27.5 Å². The average Bonchev–Trinajstić information content (AvgIpc) is 3.05.